The average Bonchev–Trinajstić information content (AvgIpc) is 2.97. The maximum absolute atomic E-state index is 4.01. The topological polar surface area (TPSA) is 0 Å². The monoisotopic (exact) mass is 240 g/mol. The Kier molecular flexibility index (Phi) is 2.02. The van der Waals surface area contributed by atoms with Crippen LogP contribution in [0.4, 0.5) is 0 Å². The summed E-state index contributed by atoms with van der Waals surface area (Å²) in [6.45, 7) is 8.35. The molecule has 0 unspecified atom stereocenters. The van der Waals surface area contributed by atoms with E-state index < -0.39 is 0 Å². The highest BCUT2D eigenvalue weighted by molar-refractivity contribution is 6.98. The van der Waals surface area contributed by atoms with Crippen LogP contribution in [0.2, 0.25) is 0 Å². The second-order valence-corrected chi connectivity index (χ2v) is 5.06. The van der Waals surface area contributed by atoms with Crippen LogP contribution in [0.25, 0.3) is 16.7 Å². The Morgan fingerprint density at radius 2 is 1.53 bits per heavy atom. The van der Waals surface area contributed by atoms with Gasteiger partial charge in [-0.05, 0) is 22.3 Å². The van der Waals surface area contributed by atoms with Crippen LogP contribution >= 0.6 is 0 Å². The fourth-order valence-electron chi connectivity index (χ4n) is 3.59. The normalized spacial score (nSPS) is 14.4. The molecule has 0 spiro atoms. The molecule has 2 aliphatic heterocycles. The molecular formula is C18H13B. The molecule has 0 atom stereocenters. The molecule has 0 saturated carbocycles. The van der Waals surface area contributed by atoms with E-state index >= 15 is 0 Å². The average molecular weight is 240 g/mol. The molecule has 2 aromatic rings. The van der Waals surface area contributed by atoms with E-state index in [-0.39, 0.29) is 0 Å². The first kappa shape index (κ1) is 10.6. The predicted octanol–water partition coefficient (Wildman–Crippen LogP) is 2.95. The van der Waals surface area contributed by atoms with Crippen LogP contribution < -0.4 is 10.9 Å². The molecule has 0 radical (unpaired) electrons. The first-order valence-electron chi connectivity index (χ1n) is 6.58. The second-order valence-electron chi connectivity index (χ2n) is 5.06. The van der Waals surface area contributed by atoms with Crippen LogP contribution in [0.1, 0.15) is 5.56 Å². The van der Waals surface area contributed by atoms with Crippen molar-refractivity contribution < 1.29 is 0 Å². The summed E-state index contributed by atoms with van der Waals surface area (Å²) in [6.07, 6.45) is 3.96. The molecule has 2 heterocycles. The third-order valence-electron chi connectivity index (χ3n) is 4.29. The van der Waals surface area contributed by atoms with Crippen LogP contribution in [0.3, 0.4) is 0 Å². The van der Waals surface area contributed by atoms with Gasteiger partial charge in [0.15, 0.2) is 0 Å². The first-order chi connectivity index (χ1) is 9.36. The number of hydrogen-bond acceptors (Lipinski definition) is 0. The zero-order chi connectivity index (χ0) is 13.0. The number of allylic oxidation sites excluding steroid dienone is 4. The third kappa shape index (κ3) is 1.15. The minimum atomic E-state index is 0.355. The lowest BCUT2D eigenvalue weighted by molar-refractivity contribution is 1.66. The molecule has 0 bridgehead atoms. The van der Waals surface area contributed by atoms with Crippen LogP contribution in [-0.4, -0.2) is 6.71 Å². The molecule has 2 aromatic carbocycles. The van der Waals surface area contributed by atoms with E-state index in [4.69, 9.17) is 0 Å². The Balaban J connectivity index is 2.15. The van der Waals surface area contributed by atoms with Crippen LogP contribution in [0.15, 0.2) is 73.2 Å². The molecule has 0 amide bonds. The SMILES string of the molecule is C=CC1=C(C=C)c2cccc3c2B1c1ccccc1-3. The first-order valence-corrected chi connectivity index (χ1v) is 6.58. The highest BCUT2D eigenvalue weighted by atomic mass is 14.3. The predicted molar refractivity (Wildman–Crippen MR) is 84.2 cm³/mol. The molecule has 0 saturated heterocycles. The van der Waals surface area contributed by atoms with Crippen LogP contribution in [0, 0.1) is 0 Å². The van der Waals surface area contributed by atoms with Crippen molar-refractivity contribution in [2.75, 3.05) is 0 Å². The number of hydrogen-bond donors (Lipinski definition) is 0. The van der Waals surface area contributed by atoms with E-state index in [1.807, 2.05) is 12.2 Å². The zero-order valence-corrected chi connectivity index (χ0v) is 10.7. The van der Waals surface area contributed by atoms with Crippen LogP contribution in [-0.2, 0) is 0 Å². The van der Waals surface area contributed by atoms with Gasteiger partial charge in [-0.25, -0.2) is 0 Å². The lowest BCUT2D eigenvalue weighted by Gasteiger charge is -2.08. The Morgan fingerprint density at radius 1 is 0.789 bits per heavy atom. The summed E-state index contributed by atoms with van der Waals surface area (Å²) in [6, 6.07) is 15.3. The van der Waals surface area contributed by atoms with Crippen molar-refractivity contribution in [2.45, 2.75) is 0 Å². The summed E-state index contributed by atoms with van der Waals surface area (Å²) >= 11 is 0. The molecule has 0 aliphatic carbocycles. The molecule has 1 heteroatoms. The molecule has 0 fully saturated rings. The van der Waals surface area contributed by atoms with Crippen LogP contribution in [0.5, 0.6) is 0 Å². The largest absolute Gasteiger partial charge is 0.244 e. The molecule has 88 valence electrons. The van der Waals surface area contributed by atoms with Gasteiger partial charge in [0.25, 0.3) is 0 Å². The highest BCUT2D eigenvalue weighted by Crippen LogP contribution is 2.36. The minimum absolute atomic E-state index is 0.355. The van der Waals surface area contributed by atoms with Gasteiger partial charge in [-0.3, -0.25) is 0 Å². The van der Waals surface area contributed by atoms with Gasteiger partial charge >= 0.3 is 0 Å². The van der Waals surface area contributed by atoms with E-state index in [9.17, 15) is 0 Å². The van der Waals surface area contributed by atoms with E-state index in [2.05, 4.69) is 55.6 Å². The van der Waals surface area contributed by atoms with Gasteiger partial charge in [-0.2, -0.15) is 0 Å². The molecule has 0 nitrogen and oxygen atoms in total. The maximum atomic E-state index is 4.01. The number of rotatable bonds is 2. The third-order valence-corrected chi connectivity index (χ3v) is 4.29. The zero-order valence-electron chi connectivity index (χ0n) is 10.7. The van der Waals surface area contributed by atoms with Crippen molar-refractivity contribution in [2.24, 2.45) is 0 Å². The minimum Gasteiger partial charge on any atom is -0.0995 e. The molecule has 4 rings (SSSR count). The van der Waals surface area contributed by atoms with Crippen molar-refractivity contribution in [3.8, 4) is 11.1 Å². The summed E-state index contributed by atoms with van der Waals surface area (Å²) in [4.78, 5) is 0. The Labute approximate surface area is 113 Å². The van der Waals surface area contributed by atoms with E-state index in [0.717, 1.165) is 0 Å². The lowest BCUT2D eigenvalue weighted by atomic mass is 9.40. The van der Waals surface area contributed by atoms with Gasteiger partial charge < -0.3 is 0 Å². The molecule has 0 aromatic heterocycles. The van der Waals surface area contributed by atoms with Gasteiger partial charge in [0, 0.05) is 0 Å². The molecule has 19 heavy (non-hydrogen) atoms. The fraction of sp³-hybridized carbons (Fsp3) is 0. The summed E-state index contributed by atoms with van der Waals surface area (Å²) in [7, 11) is 0. The quantitative estimate of drug-likeness (QED) is 0.708. The van der Waals surface area contributed by atoms with E-state index in [0.29, 0.717) is 6.71 Å². The summed E-state index contributed by atoms with van der Waals surface area (Å²) in [5.41, 5.74) is 9.43. The number of fused-ring (bicyclic) bond motifs is 3. The Bertz CT molecular complexity index is 765. The summed E-state index contributed by atoms with van der Waals surface area (Å²) < 4.78 is 0. The Morgan fingerprint density at radius 3 is 2.32 bits per heavy atom. The number of benzene rings is 2. The lowest BCUT2D eigenvalue weighted by Crippen LogP contribution is -2.37. The van der Waals surface area contributed by atoms with Crippen molar-refractivity contribution in [3.05, 3.63) is 78.8 Å². The fourth-order valence-corrected chi connectivity index (χ4v) is 3.59. The van der Waals surface area contributed by atoms with Gasteiger partial charge in [0.05, 0.1) is 0 Å². The van der Waals surface area contributed by atoms with E-state index in [1.165, 1.54) is 38.7 Å². The van der Waals surface area contributed by atoms with Gasteiger partial charge in [0.1, 0.15) is 0 Å². The highest BCUT2D eigenvalue weighted by Gasteiger charge is 2.40. The van der Waals surface area contributed by atoms with E-state index in [1.54, 1.807) is 0 Å². The summed E-state index contributed by atoms with van der Waals surface area (Å²) in [5.74, 6) is 0. The standard InChI is InChI=1S/C18H13B/c1-3-12-14-9-7-10-15-13-8-5-6-11-17(13)19(18(14)15)16(12)4-2/h3-11H,1-2H2. The second kappa shape index (κ2) is 3.61. The molecule has 2 aliphatic rings. The smallest absolute Gasteiger partial charge is 0.0995 e. The van der Waals surface area contributed by atoms with Gasteiger partial charge in [0.2, 0.25) is 6.71 Å². The maximum Gasteiger partial charge on any atom is 0.244 e. The molecule has 0 N–H and O–H groups in total. The Hall–Kier alpha value is -2.28. The van der Waals surface area contributed by atoms with Crippen molar-refractivity contribution in [3.63, 3.8) is 0 Å². The van der Waals surface area contributed by atoms with Crippen molar-refractivity contribution in [1.29, 1.82) is 0 Å². The van der Waals surface area contributed by atoms with Crippen molar-refractivity contribution >= 4 is 23.2 Å². The van der Waals surface area contributed by atoms with Gasteiger partial charge in [-0.1, -0.05) is 84.2 Å². The van der Waals surface area contributed by atoms with Crippen molar-refractivity contribution in [1.82, 2.24) is 0 Å². The molecular weight excluding hydrogens is 227 g/mol. The van der Waals surface area contributed by atoms with Gasteiger partial charge in [-0.15, -0.1) is 0 Å². The summed E-state index contributed by atoms with van der Waals surface area (Å²) in [5, 5.41) is 0.